The fraction of sp³-hybridized carbons (Fsp3) is 0.300. The molecule has 2 aromatic carbocycles. The number of carbonyl (C=O) groups is 1. The van der Waals surface area contributed by atoms with Gasteiger partial charge in [0.1, 0.15) is 5.75 Å². The van der Waals surface area contributed by atoms with E-state index in [-0.39, 0.29) is 11.8 Å². The second-order valence-electron chi connectivity index (χ2n) is 6.46. The van der Waals surface area contributed by atoms with Gasteiger partial charge in [-0.2, -0.15) is 0 Å². The zero-order valence-corrected chi connectivity index (χ0v) is 15.5. The van der Waals surface area contributed by atoms with Gasteiger partial charge in [-0.15, -0.1) is 0 Å². The number of carbonyl (C=O) groups excluding carboxylic acids is 1. The van der Waals surface area contributed by atoms with Crippen LogP contribution >= 0.6 is 11.3 Å². The number of nitrogens with one attached hydrogen (secondary N) is 1. The number of benzene rings is 2. The van der Waals surface area contributed by atoms with Crippen molar-refractivity contribution in [2.45, 2.75) is 6.42 Å². The second kappa shape index (κ2) is 7.33. The zero-order valence-electron chi connectivity index (χ0n) is 14.6. The van der Waals surface area contributed by atoms with Crippen LogP contribution < -0.4 is 15.0 Å². The van der Waals surface area contributed by atoms with Gasteiger partial charge in [0.05, 0.1) is 23.2 Å². The molecular weight excluding hydrogens is 346 g/mol. The summed E-state index contributed by atoms with van der Waals surface area (Å²) in [6, 6.07) is 16.1. The maximum Gasteiger partial charge on any atom is 0.226 e. The molecule has 1 amide bonds. The normalized spacial score (nSPS) is 14.3. The van der Waals surface area contributed by atoms with E-state index in [1.165, 1.54) is 4.70 Å². The van der Waals surface area contributed by atoms with Crippen LogP contribution in [0.4, 0.5) is 5.13 Å². The molecule has 1 fully saturated rings. The molecule has 3 aromatic rings. The SMILES string of the molecule is COc1cccc(CCNC(=O)C2CN(c3nc4ccccc4s3)C2)c1. The molecule has 1 aliphatic rings. The molecule has 0 aliphatic carbocycles. The lowest BCUT2D eigenvalue weighted by Crippen LogP contribution is -2.54. The van der Waals surface area contributed by atoms with Gasteiger partial charge in [-0.05, 0) is 36.2 Å². The molecule has 134 valence electrons. The maximum absolute atomic E-state index is 12.3. The van der Waals surface area contributed by atoms with Crippen molar-refractivity contribution in [1.82, 2.24) is 10.3 Å². The number of thiazole rings is 1. The minimum Gasteiger partial charge on any atom is -0.497 e. The van der Waals surface area contributed by atoms with Crippen LogP contribution in [-0.2, 0) is 11.2 Å². The predicted molar refractivity (Wildman–Crippen MR) is 105 cm³/mol. The number of rotatable bonds is 6. The summed E-state index contributed by atoms with van der Waals surface area (Å²) in [7, 11) is 1.66. The second-order valence-corrected chi connectivity index (χ2v) is 7.47. The average molecular weight is 367 g/mol. The Morgan fingerprint density at radius 3 is 2.92 bits per heavy atom. The standard InChI is InChI=1S/C20H21N3O2S/c1-25-16-6-4-5-14(11-16)9-10-21-19(24)15-12-23(13-15)20-22-17-7-2-3-8-18(17)26-20/h2-8,11,15H,9-10,12-13H2,1H3,(H,21,24). The third-order valence-corrected chi connectivity index (χ3v) is 5.75. The highest BCUT2D eigenvalue weighted by Gasteiger charge is 2.34. The van der Waals surface area contributed by atoms with Gasteiger partial charge in [0.25, 0.3) is 0 Å². The average Bonchev–Trinajstić information content (AvgIpc) is 3.04. The summed E-state index contributed by atoms with van der Waals surface area (Å²) >= 11 is 1.68. The summed E-state index contributed by atoms with van der Waals surface area (Å²) in [5.41, 5.74) is 2.19. The number of hydrogen-bond donors (Lipinski definition) is 1. The number of aromatic nitrogens is 1. The number of para-hydroxylation sites is 1. The van der Waals surface area contributed by atoms with Crippen LogP contribution in [0.1, 0.15) is 5.56 Å². The van der Waals surface area contributed by atoms with Crippen molar-refractivity contribution in [2.24, 2.45) is 5.92 Å². The van der Waals surface area contributed by atoms with Crippen molar-refractivity contribution >= 4 is 32.6 Å². The van der Waals surface area contributed by atoms with Gasteiger partial charge in [-0.3, -0.25) is 4.79 Å². The quantitative estimate of drug-likeness (QED) is 0.727. The van der Waals surface area contributed by atoms with Crippen LogP contribution in [0.25, 0.3) is 10.2 Å². The third kappa shape index (κ3) is 3.51. The highest BCUT2D eigenvalue weighted by atomic mass is 32.1. The molecule has 2 heterocycles. The maximum atomic E-state index is 12.3. The predicted octanol–water partition coefficient (Wildman–Crippen LogP) is 3.10. The highest BCUT2D eigenvalue weighted by molar-refractivity contribution is 7.22. The van der Waals surface area contributed by atoms with E-state index in [1.807, 2.05) is 42.5 Å². The van der Waals surface area contributed by atoms with Crippen molar-refractivity contribution < 1.29 is 9.53 Å². The molecule has 1 N–H and O–H groups in total. The first-order valence-corrected chi connectivity index (χ1v) is 9.56. The summed E-state index contributed by atoms with van der Waals surface area (Å²) < 4.78 is 6.41. The molecule has 6 heteroatoms. The van der Waals surface area contributed by atoms with Gasteiger partial charge in [-0.1, -0.05) is 35.6 Å². The van der Waals surface area contributed by atoms with E-state index in [4.69, 9.17) is 4.74 Å². The lowest BCUT2D eigenvalue weighted by molar-refractivity contribution is -0.125. The Kier molecular flexibility index (Phi) is 4.75. The highest BCUT2D eigenvalue weighted by Crippen LogP contribution is 2.32. The number of hydrogen-bond acceptors (Lipinski definition) is 5. The van der Waals surface area contributed by atoms with Gasteiger partial charge >= 0.3 is 0 Å². The van der Waals surface area contributed by atoms with Crippen molar-refractivity contribution in [3.63, 3.8) is 0 Å². The molecule has 0 bridgehead atoms. The van der Waals surface area contributed by atoms with Gasteiger partial charge < -0.3 is 15.0 Å². The molecule has 26 heavy (non-hydrogen) atoms. The fourth-order valence-electron chi connectivity index (χ4n) is 3.10. The third-order valence-electron chi connectivity index (χ3n) is 4.65. The largest absolute Gasteiger partial charge is 0.497 e. The molecule has 4 rings (SSSR count). The lowest BCUT2D eigenvalue weighted by Gasteiger charge is -2.37. The topological polar surface area (TPSA) is 54.5 Å². The van der Waals surface area contributed by atoms with E-state index < -0.39 is 0 Å². The Balaban J connectivity index is 1.25. The number of fused-ring (bicyclic) bond motifs is 1. The van der Waals surface area contributed by atoms with Crippen LogP contribution in [0.15, 0.2) is 48.5 Å². The van der Waals surface area contributed by atoms with Crippen LogP contribution in [0.3, 0.4) is 0 Å². The first kappa shape index (κ1) is 16.8. The number of amides is 1. The van der Waals surface area contributed by atoms with E-state index >= 15 is 0 Å². The number of ether oxygens (including phenoxy) is 1. The minimum atomic E-state index is 0.0484. The molecule has 0 unspecified atom stereocenters. The molecule has 1 saturated heterocycles. The van der Waals surface area contributed by atoms with Gasteiger partial charge in [0, 0.05) is 19.6 Å². The molecule has 5 nitrogen and oxygen atoms in total. The number of methoxy groups -OCH3 is 1. The number of nitrogens with zero attached hydrogens (tertiary/aromatic N) is 2. The van der Waals surface area contributed by atoms with Crippen LogP contribution in [0, 0.1) is 5.92 Å². The van der Waals surface area contributed by atoms with Crippen molar-refractivity contribution in [1.29, 1.82) is 0 Å². The molecule has 1 aliphatic heterocycles. The van der Waals surface area contributed by atoms with E-state index in [1.54, 1.807) is 18.4 Å². The smallest absolute Gasteiger partial charge is 0.226 e. The lowest BCUT2D eigenvalue weighted by atomic mass is 10.00. The van der Waals surface area contributed by atoms with Crippen molar-refractivity contribution in [3.8, 4) is 5.75 Å². The van der Waals surface area contributed by atoms with E-state index in [2.05, 4.69) is 21.3 Å². The summed E-state index contributed by atoms with van der Waals surface area (Å²) in [5.74, 6) is 1.02. The van der Waals surface area contributed by atoms with Gasteiger partial charge in [0.2, 0.25) is 5.91 Å². The summed E-state index contributed by atoms with van der Waals surface area (Å²) in [6.45, 7) is 2.12. The van der Waals surface area contributed by atoms with Crippen molar-refractivity contribution in [3.05, 3.63) is 54.1 Å². The molecule has 0 atom stereocenters. The number of anilines is 1. The van der Waals surface area contributed by atoms with Crippen LogP contribution in [0.5, 0.6) is 5.75 Å². The van der Waals surface area contributed by atoms with E-state index in [0.717, 1.165) is 41.5 Å². The molecular formula is C20H21N3O2S. The van der Waals surface area contributed by atoms with Gasteiger partial charge in [0.15, 0.2) is 5.13 Å². The fourth-order valence-corrected chi connectivity index (χ4v) is 4.08. The Hall–Kier alpha value is -2.60. The first-order valence-electron chi connectivity index (χ1n) is 8.74. The minimum absolute atomic E-state index is 0.0484. The first-order chi connectivity index (χ1) is 12.7. The monoisotopic (exact) mass is 367 g/mol. The van der Waals surface area contributed by atoms with Crippen LogP contribution in [0.2, 0.25) is 0 Å². The van der Waals surface area contributed by atoms with E-state index in [0.29, 0.717) is 6.54 Å². The Morgan fingerprint density at radius 1 is 1.27 bits per heavy atom. The molecule has 0 spiro atoms. The van der Waals surface area contributed by atoms with E-state index in [9.17, 15) is 4.79 Å². The van der Waals surface area contributed by atoms with Crippen molar-refractivity contribution in [2.75, 3.05) is 31.6 Å². The zero-order chi connectivity index (χ0) is 17.9. The molecule has 0 radical (unpaired) electrons. The summed E-state index contributed by atoms with van der Waals surface area (Å²) in [5, 5.41) is 4.05. The molecule has 1 aromatic heterocycles. The summed E-state index contributed by atoms with van der Waals surface area (Å²) in [4.78, 5) is 19.1. The Morgan fingerprint density at radius 2 is 2.12 bits per heavy atom. The Bertz CT molecular complexity index is 885. The molecule has 0 saturated carbocycles. The van der Waals surface area contributed by atoms with Crippen LogP contribution in [-0.4, -0.2) is 37.6 Å². The van der Waals surface area contributed by atoms with Gasteiger partial charge in [-0.25, -0.2) is 4.98 Å². The summed E-state index contributed by atoms with van der Waals surface area (Å²) in [6.07, 6.45) is 0.803. The Labute approximate surface area is 156 Å².